The molecule has 7 nitrogen and oxygen atoms in total. The largest absolute Gasteiger partial charge is 0.343 e. The summed E-state index contributed by atoms with van der Waals surface area (Å²) in [5.41, 5.74) is -0.653. The predicted molar refractivity (Wildman–Crippen MR) is 66.8 cm³/mol. The first-order valence-electron chi connectivity index (χ1n) is 7.02. The van der Waals surface area contributed by atoms with Gasteiger partial charge in [0.1, 0.15) is 6.54 Å². The lowest BCUT2D eigenvalue weighted by atomic mass is 9.79. The van der Waals surface area contributed by atoms with Crippen LogP contribution in [0.5, 0.6) is 0 Å². The van der Waals surface area contributed by atoms with Gasteiger partial charge in [0, 0.05) is 6.42 Å². The maximum Gasteiger partial charge on any atom is 0.343 e. The molecule has 1 spiro atoms. The minimum Gasteiger partial charge on any atom is -0.275 e. The van der Waals surface area contributed by atoms with Crippen molar-refractivity contribution < 1.29 is 19.2 Å². The van der Waals surface area contributed by atoms with Crippen LogP contribution in [0.4, 0.5) is 4.79 Å². The van der Waals surface area contributed by atoms with Gasteiger partial charge < -0.3 is 0 Å². The highest BCUT2D eigenvalue weighted by Crippen LogP contribution is 2.44. The van der Waals surface area contributed by atoms with E-state index >= 15 is 0 Å². The number of urea groups is 1. The van der Waals surface area contributed by atoms with E-state index in [-0.39, 0.29) is 24.8 Å². The topological polar surface area (TPSA) is 86.8 Å². The molecule has 0 radical (unpaired) electrons. The summed E-state index contributed by atoms with van der Waals surface area (Å²) in [4.78, 5) is 47.7. The van der Waals surface area contributed by atoms with Crippen LogP contribution in [0.3, 0.4) is 0 Å². The zero-order chi connectivity index (χ0) is 14.3. The first kappa shape index (κ1) is 13.1. The Morgan fingerprint density at radius 3 is 2.15 bits per heavy atom. The molecule has 0 aromatic rings. The van der Waals surface area contributed by atoms with Crippen molar-refractivity contribution >= 4 is 23.8 Å². The molecule has 3 rings (SSSR count). The van der Waals surface area contributed by atoms with E-state index in [1.807, 2.05) is 0 Å². The lowest BCUT2D eigenvalue weighted by molar-refractivity contribution is -0.155. The summed E-state index contributed by atoms with van der Waals surface area (Å²) in [5, 5.41) is 3.92. The number of rotatable bonds is 1. The van der Waals surface area contributed by atoms with E-state index in [4.69, 9.17) is 0 Å². The molecule has 2 saturated heterocycles. The molecular formula is C13H17N3O4. The summed E-state index contributed by atoms with van der Waals surface area (Å²) < 4.78 is 0. The second-order valence-corrected chi connectivity index (χ2v) is 5.79. The highest BCUT2D eigenvalue weighted by Gasteiger charge is 2.55. The van der Waals surface area contributed by atoms with Crippen molar-refractivity contribution in [3.63, 3.8) is 0 Å². The van der Waals surface area contributed by atoms with Gasteiger partial charge in [0.05, 0.1) is 5.41 Å². The molecule has 1 N–H and O–H groups in total. The van der Waals surface area contributed by atoms with Crippen molar-refractivity contribution in [2.24, 2.45) is 5.41 Å². The zero-order valence-corrected chi connectivity index (χ0v) is 11.2. The molecule has 3 fully saturated rings. The summed E-state index contributed by atoms with van der Waals surface area (Å²) >= 11 is 0. The third-order valence-electron chi connectivity index (χ3n) is 4.45. The lowest BCUT2D eigenvalue weighted by Gasteiger charge is -2.28. The minimum absolute atomic E-state index is 0.157. The fourth-order valence-corrected chi connectivity index (χ4v) is 3.41. The molecule has 3 aliphatic rings. The summed E-state index contributed by atoms with van der Waals surface area (Å²) in [7, 11) is 0. The van der Waals surface area contributed by atoms with Crippen molar-refractivity contribution in [3.8, 4) is 0 Å². The molecule has 20 heavy (non-hydrogen) atoms. The van der Waals surface area contributed by atoms with Gasteiger partial charge >= 0.3 is 6.03 Å². The van der Waals surface area contributed by atoms with E-state index in [1.54, 1.807) is 0 Å². The number of hydrazine groups is 1. The van der Waals surface area contributed by atoms with Crippen LogP contribution in [-0.4, -0.2) is 40.3 Å². The Bertz CT molecular complexity index is 494. The standard InChI is InChI=1S/C13H17N3O4/c17-9-8-15(12(20)14-9)16-10(18)7-13(11(16)19)5-3-1-2-4-6-13/h1-8H2,(H,14,17,20). The lowest BCUT2D eigenvalue weighted by Crippen LogP contribution is -2.49. The van der Waals surface area contributed by atoms with Crippen molar-refractivity contribution in [2.75, 3.05) is 6.54 Å². The van der Waals surface area contributed by atoms with Crippen molar-refractivity contribution in [3.05, 3.63) is 0 Å². The number of amides is 5. The molecular weight excluding hydrogens is 262 g/mol. The Morgan fingerprint density at radius 1 is 0.950 bits per heavy atom. The van der Waals surface area contributed by atoms with Gasteiger partial charge in [-0.15, -0.1) is 0 Å². The quantitative estimate of drug-likeness (QED) is 0.561. The third kappa shape index (κ3) is 1.88. The molecule has 2 aliphatic heterocycles. The SMILES string of the molecule is O=C1CN(N2C(=O)CC3(CCCCCC3)C2=O)C(=O)N1. The Labute approximate surface area is 116 Å². The van der Waals surface area contributed by atoms with Gasteiger partial charge in [-0.3, -0.25) is 19.7 Å². The van der Waals surface area contributed by atoms with Crippen LogP contribution in [-0.2, 0) is 14.4 Å². The number of carbonyl (C=O) groups excluding carboxylic acids is 4. The van der Waals surface area contributed by atoms with Gasteiger partial charge in [-0.05, 0) is 12.8 Å². The number of nitrogens with one attached hydrogen (secondary N) is 1. The van der Waals surface area contributed by atoms with Gasteiger partial charge in [0.2, 0.25) is 11.8 Å². The van der Waals surface area contributed by atoms with Gasteiger partial charge in [-0.2, -0.15) is 5.01 Å². The Morgan fingerprint density at radius 2 is 1.60 bits per heavy atom. The monoisotopic (exact) mass is 279 g/mol. The molecule has 0 unspecified atom stereocenters. The molecule has 0 bridgehead atoms. The number of imide groups is 2. The molecule has 0 aromatic heterocycles. The first-order valence-corrected chi connectivity index (χ1v) is 7.02. The van der Waals surface area contributed by atoms with Crippen LogP contribution >= 0.6 is 0 Å². The number of hydrogen-bond donors (Lipinski definition) is 1. The fraction of sp³-hybridized carbons (Fsp3) is 0.692. The Kier molecular flexibility index (Phi) is 2.99. The van der Waals surface area contributed by atoms with Crippen molar-refractivity contribution in [1.82, 2.24) is 15.3 Å². The van der Waals surface area contributed by atoms with Gasteiger partial charge in [-0.1, -0.05) is 25.7 Å². The van der Waals surface area contributed by atoms with Crippen LogP contribution in [0, 0.1) is 5.41 Å². The molecule has 0 aromatic carbocycles. The smallest absolute Gasteiger partial charge is 0.275 e. The van der Waals surface area contributed by atoms with E-state index in [1.165, 1.54) is 0 Å². The Balaban J connectivity index is 1.86. The molecule has 1 aliphatic carbocycles. The maximum absolute atomic E-state index is 12.7. The van der Waals surface area contributed by atoms with Crippen LogP contribution in [0.15, 0.2) is 0 Å². The molecule has 5 amide bonds. The summed E-state index contributed by atoms with van der Waals surface area (Å²) in [6.07, 6.45) is 5.55. The van der Waals surface area contributed by atoms with Crippen molar-refractivity contribution in [1.29, 1.82) is 0 Å². The predicted octanol–water partition coefficient (Wildman–Crippen LogP) is 0.553. The average molecular weight is 279 g/mol. The second-order valence-electron chi connectivity index (χ2n) is 5.79. The normalized spacial score (nSPS) is 26.4. The zero-order valence-electron chi connectivity index (χ0n) is 11.2. The van der Waals surface area contributed by atoms with Crippen LogP contribution in [0.1, 0.15) is 44.9 Å². The van der Waals surface area contributed by atoms with E-state index in [0.717, 1.165) is 35.7 Å². The van der Waals surface area contributed by atoms with E-state index in [0.29, 0.717) is 12.8 Å². The maximum atomic E-state index is 12.7. The molecule has 108 valence electrons. The van der Waals surface area contributed by atoms with Gasteiger partial charge in [0.15, 0.2) is 0 Å². The number of nitrogens with zero attached hydrogens (tertiary/aromatic N) is 2. The molecule has 2 heterocycles. The van der Waals surface area contributed by atoms with Crippen LogP contribution in [0.2, 0.25) is 0 Å². The molecule has 0 atom stereocenters. The highest BCUT2D eigenvalue weighted by atomic mass is 16.2. The van der Waals surface area contributed by atoms with Crippen LogP contribution < -0.4 is 5.32 Å². The number of carbonyl (C=O) groups is 4. The average Bonchev–Trinajstić information content (AvgIpc) is 2.72. The molecule has 1 saturated carbocycles. The fourth-order valence-electron chi connectivity index (χ4n) is 3.41. The summed E-state index contributed by atoms with van der Waals surface area (Å²) in [6.45, 7) is -0.258. The van der Waals surface area contributed by atoms with E-state index in [2.05, 4.69) is 5.32 Å². The Hall–Kier alpha value is -1.92. The van der Waals surface area contributed by atoms with E-state index in [9.17, 15) is 19.2 Å². The molecule has 7 heteroatoms. The highest BCUT2D eigenvalue weighted by molar-refractivity contribution is 6.10. The minimum atomic E-state index is -0.692. The van der Waals surface area contributed by atoms with E-state index < -0.39 is 17.4 Å². The van der Waals surface area contributed by atoms with Gasteiger partial charge in [0.25, 0.3) is 5.91 Å². The summed E-state index contributed by atoms with van der Waals surface area (Å²) in [6, 6.07) is -0.692. The summed E-state index contributed by atoms with van der Waals surface area (Å²) in [5.74, 6) is -1.17. The second kappa shape index (κ2) is 4.57. The number of hydrogen-bond acceptors (Lipinski definition) is 4. The third-order valence-corrected chi connectivity index (χ3v) is 4.45. The first-order chi connectivity index (χ1) is 9.53. The van der Waals surface area contributed by atoms with Crippen molar-refractivity contribution in [2.45, 2.75) is 44.9 Å². The van der Waals surface area contributed by atoms with Crippen LogP contribution in [0.25, 0.3) is 0 Å². The van der Waals surface area contributed by atoms with Gasteiger partial charge in [-0.25, -0.2) is 9.80 Å².